The molecule has 2 amide bonds. The highest BCUT2D eigenvalue weighted by Crippen LogP contribution is 2.30. The first-order chi connectivity index (χ1) is 14.4. The molecule has 10 heteroatoms. The zero-order valence-electron chi connectivity index (χ0n) is 17.1. The molecule has 0 saturated carbocycles. The summed E-state index contributed by atoms with van der Waals surface area (Å²) in [5, 5.41) is 7.90. The van der Waals surface area contributed by atoms with E-state index in [0.717, 1.165) is 17.5 Å². The van der Waals surface area contributed by atoms with Gasteiger partial charge in [-0.15, -0.1) is 0 Å². The summed E-state index contributed by atoms with van der Waals surface area (Å²) in [6, 6.07) is 8.55. The van der Waals surface area contributed by atoms with Gasteiger partial charge in [0.15, 0.2) is 5.84 Å². The predicted octanol–water partition coefficient (Wildman–Crippen LogP) is 1.02. The Labute approximate surface area is 174 Å². The molecule has 3 rings (SSSR count). The molecule has 2 aromatic rings. The maximum Gasteiger partial charge on any atom is 0.260 e. The fourth-order valence-corrected chi connectivity index (χ4v) is 3.20. The molecule has 0 atom stereocenters. The second-order valence-corrected chi connectivity index (χ2v) is 7.15. The van der Waals surface area contributed by atoms with Gasteiger partial charge in [-0.2, -0.15) is 5.10 Å². The van der Waals surface area contributed by atoms with E-state index in [1.165, 1.54) is 12.1 Å². The number of methoxy groups -OCH3 is 1. The average Bonchev–Trinajstić information content (AvgIpc) is 3.15. The normalized spacial score (nSPS) is 13.2. The molecule has 0 radical (unpaired) electrons. The highest BCUT2D eigenvalue weighted by atomic mass is 16.5. The fourth-order valence-electron chi connectivity index (χ4n) is 3.20. The summed E-state index contributed by atoms with van der Waals surface area (Å²) in [7, 11) is 1.50. The van der Waals surface area contributed by atoms with Crippen LogP contribution in [-0.4, -0.2) is 46.2 Å². The number of nitrogens with zero attached hydrogens (tertiary/aromatic N) is 4. The number of hydrogen-bond acceptors (Lipinski definition) is 7. The Hall–Kier alpha value is -3.66. The molecule has 0 spiro atoms. The second kappa shape index (κ2) is 8.78. The molecule has 158 valence electrons. The molecule has 0 unspecified atom stereocenters. The third-order valence-corrected chi connectivity index (χ3v) is 4.81. The van der Waals surface area contributed by atoms with E-state index in [0.29, 0.717) is 41.7 Å². The number of hydrogen-bond donors (Lipinski definition) is 3. The van der Waals surface area contributed by atoms with E-state index >= 15 is 0 Å². The Kier molecular flexibility index (Phi) is 6.17. The van der Waals surface area contributed by atoms with Crippen LogP contribution in [0.5, 0.6) is 5.75 Å². The molecule has 1 aromatic heterocycles. The number of hydrazone groups is 1. The molecule has 1 aromatic carbocycles. The van der Waals surface area contributed by atoms with Crippen molar-refractivity contribution in [3.8, 4) is 5.75 Å². The molecule has 0 saturated heterocycles. The number of fused-ring (bicyclic) bond motifs is 1. The van der Waals surface area contributed by atoms with E-state index in [4.69, 9.17) is 16.4 Å². The first kappa shape index (κ1) is 21.1. The summed E-state index contributed by atoms with van der Waals surface area (Å²) in [4.78, 5) is 30.0. The van der Waals surface area contributed by atoms with Crippen molar-refractivity contribution in [3.63, 3.8) is 0 Å². The molecule has 0 aliphatic carbocycles. The summed E-state index contributed by atoms with van der Waals surface area (Å²) in [5.41, 5.74) is 2.64. The van der Waals surface area contributed by atoms with Gasteiger partial charge in [-0.1, -0.05) is 6.07 Å². The lowest BCUT2D eigenvalue weighted by molar-refractivity contribution is -0.118. The number of amidine groups is 1. The van der Waals surface area contributed by atoms with Gasteiger partial charge < -0.3 is 20.8 Å². The van der Waals surface area contributed by atoms with Gasteiger partial charge in [-0.25, -0.2) is 10.8 Å². The van der Waals surface area contributed by atoms with Crippen LogP contribution in [0.3, 0.4) is 0 Å². The van der Waals surface area contributed by atoms with Crippen molar-refractivity contribution in [1.82, 2.24) is 14.9 Å². The summed E-state index contributed by atoms with van der Waals surface area (Å²) < 4.78 is 5.39. The van der Waals surface area contributed by atoms with E-state index in [2.05, 4.69) is 15.4 Å². The zero-order chi connectivity index (χ0) is 21.8. The van der Waals surface area contributed by atoms with Crippen LogP contribution in [0.15, 0.2) is 35.4 Å². The number of anilines is 1. The van der Waals surface area contributed by atoms with Gasteiger partial charge in [0.1, 0.15) is 17.3 Å². The summed E-state index contributed by atoms with van der Waals surface area (Å²) in [6.07, 6.45) is 0.788. The van der Waals surface area contributed by atoms with Crippen LogP contribution >= 0.6 is 0 Å². The molecule has 5 N–H and O–H groups in total. The third kappa shape index (κ3) is 4.18. The van der Waals surface area contributed by atoms with Gasteiger partial charge in [0.05, 0.1) is 12.7 Å². The van der Waals surface area contributed by atoms with Gasteiger partial charge in [0, 0.05) is 19.1 Å². The smallest absolute Gasteiger partial charge is 0.260 e. The maximum absolute atomic E-state index is 12.9. The van der Waals surface area contributed by atoms with Gasteiger partial charge in [0.2, 0.25) is 6.41 Å². The first-order valence-electron chi connectivity index (χ1n) is 9.37. The number of nitrogens with one attached hydrogen (secondary N) is 1. The minimum absolute atomic E-state index is 0.0473. The van der Waals surface area contributed by atoms with Crippen molar-refractivity contribution in [2.45, 2.75) is 33.0 Å². The fraction of sp³-hybridized carbons (Fsp3) is 0.300. The van der Waals surface area contributed by atoms with Crippen molar-refractivity contribution in [1.29, 1.82) is 0 Å². The van der Waals surface area contributed by atoms with Gasteiger partial charge in [0.25, 0.3) is 5.91 Å². The quantitative estimate of drug-likeness (QED) is 0.212. The van der Waals surface area contributed by atoms with Crippen LogP contribution in [0.2, 0.25) is 0 Å². The largest absolute Gasteiger partial charge is 0.496 e. The topological polar surface area (TPSA) is 139 Å². The van der Waals surface area contributed by atoms with Crippen LogP contribution in [-0.2, 0) is 17.9 Å². The van der Waals surface area contributed by atoms with E-state index in [1.54, 1.807) is 35.2 Å². The number of hydrazine groups is 1. The predicted molar refractivity (Wildman–Crippen MR) is 112 cm³/mol. The maximum atomic E-state index is 12.9. The van der Waals surface area contributed by atoms with Gasteiger partial charge >= 0.3 is 0 Å². The number of aromatic nitrogens is 1. The minimum Gasteiger partial charge on any atom is -0.496 e. The molecule has 0 fully saturated rings. The van der Waals surface area contributed by atoms with Crippen LogP contribution < -0.4 is 21.7 Å². The Bertz CT molecular complexity index is 990. The number of pyridine rings is 1. The molecular weight excluding hydrogens is 386 g/mol. The lowest BCUT2D eigenvalue weighted by Crippen LogP contribution is -2.44. The first-order valence-corrected chi connectivity index (χ1v) is 9.37. The molecule has 1 aliphatic rings. The highest BCUT2D eigenvalue weighted by Gasteiger charge is 2.23. The SMILES string of the molecule is COc1cc2c(cc1C(=O)Nc1cccc(/C(=N/N)N(N)C(C)C)n1)CN(C=O)C2. The standard InChI is InChI=1S/C20H25N7O3/c1-12(2)27(22)19(25-21)16-5-4-6-18(23-16)24-20(29)15-7-13-9-26(11-28)10-14(13)8-17(15)30-3/h4-8,11-12H,9-10,21-22H2,1-3H3,(H,23,24,29)/b25-19-. The Morgan fingerprint density at radius 2 is 2.03 bits per heavy atom. The Morgan fingerprint density at radius 1 is 1.33 bits per heavy atom. The number of nitrogens with two attached hydrogens (primary N) is 2. The Balaban J connectivity index is 1.86. The van der Waals surface area contributed by atoms with E-state index in [-0.39, 0.29) is 11.9 Å². The lowest BCUT2D eigenvalue weighted by Gasteiger charge is -2.23. The average molecular weight is 411 g/mol. The minimum atomic E-state index is -0.386. The molecule has 30 heavy (non-hydrogen) atoms. The van der Waals surface area contributed by atoms with Crippen molar-refractivity contribution in [2.24, 2.45) is 16.8 Å². The second-order valence-electron chi connectivity index (χ2n) is 7.15. The molecule has 1 aliphatic heterocycles. The van der Waals surface area contributed by atoms with Crippen molar-refractivity contribution >= 4 is 24.0 Å². The van der Waals surface area contributed by atoms with Crippen molar-refractivity contribution < 1.29 is 14.3 Å². The number of rotatable bonds is 6. The number of carbonyl (C=O) groups is 2. The number of benzene rings is 1. The van der Waals surface area contributed by atoms with Crippen molar-refractivity contribution in [3.05, 3.63) is 52.7 Å². The molecule has 2 heterocycles. The van der Waals surface area contributed by atoms with Gasteiger partial charge in [-0.05, 0) is 49.2 Å². The Morgan fingerprint density at radius 3 is 2.63 bits per heavy atom. The van der Waals surface area contributed by atoms with Crippen LogP contribution in [0.1, 0.15) is 41.0 Å². The van der Waals surface area contributed by atoms with E-state index in [1.807, 2.05) is 13.8 Å². The van der Waals surface area contributed by atoms with Crippen LogP contribution in [0.4, 0.5) is 5.82 Å². The lowest BCUT2D eigenvalue weighted by atomic mass is 10.0. The molecule has 10 nitrogen and oxygen atoms in total. The zero-order valence-corrected chi connectivity index (χ0v) is 17.1. The third-order valence-electron chi connectivity index (χ3n) is 4.81. The molecule has 0 bridgehead atoms. The monoisotopic (exact) mass is 411 g/mol. The number of ether oxygens (including phenoxy) is 1. The van der Waals surface area contributed by atoms with Crippen LogP contribution in [0.25, 0.3) is 0 Å². The van der Waals surface area contributed by atoms with Gasteiger partial charge in [-0.3, -0.25) is 14.6 Å². The number of carbonyl (C=O) groups excluding carboxylic acids is 2. The highest BCUT2D eigenvalue weighted by molar-refractivity contribution is 6.06. The summed E-state index contributed by atoms with van der Waals surface area (Å²) in [5.74, 6) is 12.1. The number of amides is 2. The summed E-state index contributed by atoms with van der Waals surface area (Å²) >= 11 is 0. The van der Waals surface area contributed by atoms with Crippen LogP contribution in [0, 0.1) is 0 Å². The van der Waals surface area contributed by atoms with E-state index in [9.17, 15) is 9.59 Å². The molecular formula is C20H25N7O3. The van der Waals surface area contributed by atoms with E-state index < -0.39 is 0 Å². The summed E-state index contributed by atoms with van der Waals surface area (Å²) in [6.45, 7) is 4.73. The van der Waals surface area contributed by atoms with Crippen molar-refractivity contribution in [2.75, 3.05) is 12.4 Å².